The lowest BCUT2D eigenvalue weighted by Crippen LogP contribution is -2.26. The number of hydrogen-bond acceptors (Lipinski definition) is 3. The van der Waals surface area contributed by atoms with Crippen molar-refractivity contribution in [2.75, 3.05) is 0 Å². The molecule has 5 nitrogen and oxygen atoms in total. The molecule has 0 amide bonds. The lowest BCUT2D eigenvalue weighted by atomic mass is 9.86. The molecule has 16 heavy (non-hydrogen) atoms. The molecule has 0 radical (unpaired) electrons. The number of nitrogens with one attached hydrogen (secondary N) is 1. The quantitative estimate of drug-likeness (QED) is 0.822. The first-order valence-electron chi connectivity index (χ1n) is 5.02. The fourth-order valence-electron chi connectivity index (χ4n) is 1.58. The van der Waals surface area contributed by atoms with Gasteiger partial charge in [0, 0.05) is 0 Å². The number of rotatable bonds is 3. The van der Waals surface area contributed by atoms with Crippen LogP contribution in [0.2, 0.25) is 0 Å². The molecule has 0 unspecified atom stereocenters. The summed E-state index contributed by atoms with van der Waals surface area (Å²) in [6.45, 7) is 3.42. The van der Waals surface area contributed by atoms with Gasteiger partial charge in [0.2, 0.25) is 0 Å². The molecule has 0 atom stereocenters. The first-order valence-corrected chi connectivity index (χ1v) is 5.02. The molecule has 2 N–H and O–H groups in total. The highest BCUT2D eigenvalue weighted by Crippen LogP contribution is 2.23. The number of nitrogens with zero attached hydrogens (tertiary/aromatic N) is 2. The molecule has 0 bridgehead atoms. The number of hydrogen-bond donors (Lipinski definition) is 2. The molecule has 0 saturated heterocycles. The second kappa shape index (κ2) is 3.59. The molecule has 2 aromatic rings. The number of carboxylic acids is 1. The number of H-pyrrole nitrogens is 1. The van der Waals surface area contributed by atoms with Gasteiger partial charge in [-0.1, -0.05) is 6.07 Å². The Morgan fingerprint density at radius 3 is 2.75 bits per heavy atom. The van der Waals surface area contributed by atoms with E-state index in [4.69, 9.17) is 5.11 Å². The Morgan fingerprint density at radius 2 is 2.06 bits per heavy atom. The van der Waals surface area contributed by atoms with E-state index in [9.17, 15) is 4.79 Å². The van der Waals surface area contributed by atoms with Crippen molar-refractivity contribution in [1.29, 1.82) is 0 Å². The van der Waals surface area contributed by atoms with Gasteiger partial charge in [0.1, 0.15) is 11.0 Å². The third kappa shape index (κ3) is 1.88. The number of fused-ring (bicyclic) bond motifs is 1. The largest absolute Gasteiger partial charge is 0.481 e. The van der Waals surface area contributed by atoms with Crippen LogP contribution in [0.25, 0.3) is 11.0 Å². The molecule has 84 valence electrons. The van der Waals surface area contributed by atoms with E-state index in [1.165, 1.54) is 0 Å². The Balaban J connectivity index is 2.30. The highest BCUT2D eigenvalue weighted by molar-refractivity contribution is 5.76. The second-order valence-corrected chi connectivity index (χ2v) is 4.51. The second-order valence-electron chi connectivity index (χ2n) is 4.51. The summed E-state index contributed by atoms with van der Waals surface area (Å²) in [6.07, 6.45) is 0.477. The minimum atomic E-state index is -0.798. The summed E-state index contributed by atoms with van der Waals surface area (Å²) in [5.41, 5.74) is 1.74. The Kier molecular flexibility index (Phi) is 2.38. The van der Waals surface area contributed by atoms with Crippen molar-refractivity contribution in [3.8, 4) is 0 Å². The van der Waals surface area contributed by atoms with Gasteiger partial charge in [-0.05, 0) is 38.0 Å². The summed E-state index contributed by atoms with van der Waals surface area (Å²) >= 11 is 0. The van der Waals surface area contributed by atoms with Gasteiger partial charge in [0.25, 0.3) is 0 Å². The lowest BCUT2D eigenvalue weighted by molar-refractivity contribution is -0.146. The van der Waals surface area contributed by atoms with E-state index < -0.39 is 11.4 Å². The van der Waals surface area contributed by atoms with Gasteiger partial charge in [0.15, 0.2) is 0 Å². The maximum atomic E-state index is 11.0. The number of aliphatic carboxylic acids is 1. The van der Waals surface area contributed by atoms with Crippen molar-refractivity contribution < 1.29 is 9.90 Å². The van der Waals surface area contributed by atoms with Gasteiger partial charge in [-0.25, -0.2) is 0 Å². The third-order valence-corrected chi connectivity index (χ3v) is 2.61. The Bertz CT molecular complexity index is 531. The number of aromatic amines is 1. The smallest absolute Gasteiger partial charge is 0.309 e. The molecule has 1 aromatic heterocycles. The maximum Gasteiger partial charge on any atom is 0.309 e. The first-order chi connectivity index (χ1) is 7.49. The van der Waals surface area contributed by atoms with Crippen molar-refractivity contribution >= 4 is 17.0 Å². The van der Waals surface area contributed by atoms with E-state index in [1.54, 1.807) is 13.8 Å². The van der Waals surface area contributed by atoms with Crippen LogP contribution in [0.4, 0.5) is 0 Å². The fraction of sp³-hybridized carbons (Fsp3) is 0.364. The predicted molar refractivity (Wildman–Crippen MR) is 59.0 cm³/mol. The number of carbonyl (C=O) groups is 1. The summed E-state index contributed by atoms with van der Waals surface area (Å²) in [6, 6.07) is 5.59. The zero-order valence-corrected chi connectivity index (χ0v) is 9.19. The first kappa shape index (κ1) is 10.6. The normalized spacial score (nSPS) is 11.9. The van der Waals surface area contributed by atoms with E-state index in [0.717, 1.165) is 16.6 Å². The molecule has 5 heteroatoms. The zero-order valence-electron chi connectivity index (χ0n) is 9.19. The molecule has 0 aliphatic heterocycles. The summed E-state index contributed by atoms with van der Waals surface area (Å²) in [5.74, 6) is -0.798. The highest BCUT2D eigenvalue weighted by atomic mass is 16.4. The van der Waals surface area contributed by atoms with Crippen LogP contribution < -0.4 is 0 Å². The van der Waals surface area contributed by atoms with E-state index in [1.807, 2.05) is 18.2 Å². The minimum absolute atomic E-state index is 0.477. The van der Waals surface area contributed by atoms with Crippen LogP contribution in [0, 0.1) is 5.41 Å². The van der Waals surface area contributed by atoms with Crippen LogP contribution in [0.3, 0.4) is 0 Å². The molecule has 1 heterocycles. The van der Waals surface area contributed by atoms with Crippen molar-refractivity contribution in [3.63, 3.8) is 0 Å². The Labute approximate surface area is 92.5 Å². The van der Waals surface area contributed by atoms with Gasteiger partial charge in [-0.15, -0.1) is 0 Å². The van der Waals surface area contributed by atoms with Crippen molar-refractivity contribution in [2.45, 2.75) is 20.3 Å². The molecular formula is C11H13N3O2. The van der Waals surface area contributed by atoms with Gasteiger partial charge < -0.3 is 5.11 Å². The highest BCUT2D eigenvalue weighted by Gasteiger charge is 2.27. The van der Waals surface area contributed by atoms with E-state index >= 15 is 0 Å². The number of aromatic nitrogens is 3. The number of carboxylic acid groups (broad SMARTS) is 1. The average molecular weight is 219 g/mol. The number of benzene rings is 1. The summed E-state index contributed by atoms with van der Waals surface area (Å²) in [4.78, 5) is 11.0. The monoisotopic (exact) mass is 219 g/mol. The van der Waals surface area contributed by atoms with Crippen molar-refractivity contribution in [3.05, 3.63) is 23.8 Å². The molecule has 0 aliphatic carbocycles. The van der Waals surface area contributed by atoms with Gasteiger partial charge >= 0.3 is 5.97 Å². The van der Waals surface area contributed by atoms with Gasteiger partial charge in [-0.2, -0.15) is 15.4 Å². The Hall–Kier alpha value is -1.91. The zero-order chi connectivity index (χ0) is 11.8. The summed E-state index contributed by atoms with van der Waals surface area (Å²) in [7, 11) is 0. The predicted octanol–water partition coefficient (Wildman–Crippen LogP) is 1.61. The summed E-state index contributed by atoms with van der Waals surface area (Å²) in [5, 5.41) is 19.5. The van der Waals surface area contributed by atoms with Crippen molar-refractivity contribution in [2.24, 2.45) is 5.41 Å². The van der Waals surface area contributed by atoms with Crippen LogP contribution in [-0.4, -0.2) is 26.5 Å². The Morgan fingerprint density at radius 1 is 1.38 bits per heavy atom. The van der Waals surface area contributed by atoms with Crippen LogP contribution >= 0.6 is 0 Å². The topological polar surface area (TPSA) is 78.9 Å². The van der Waals surface area contributed by atoms with Crippen LogP contribution in [0.1, 0.15) is 19.4 Å². The van der Waals surface area contributed by atoms with E-state index in [0.29, 0.717) is 6.42 Å². The van der Waals surface area contributed by atoms with Gasteiger partial charge in [-0.3, -0.25) is 4.79 Å². The molecule has 0 fully saturated rings. The SMILES string of the molecule is CC(C)(Cc1ccc2n[nH]nc2c1)C(=O)O. The van der Waals surface area contributed by atoms with Gasteiger partial charge in [0.05, 0.1) is 5.41 Å². The summed E-state index contributed by atoms with van der Waals surface area (Å²) < 4.78 is 0. The van der Waals surface area contributed by atoms with Crippen LogP contribution in [-0.2, 0) is 11.2 Å². The molecule has 0 saturated carbocycles. The minimum Gasteiger partial charge on any atom is -0.481 e. The van der Waals surface area contributed by atoms with Crippen molar-refractivity contribution in [1.82, 2.24) is 15.4 Å². The standard InChI is InChI=1S/C11H13N3O2/c1-11(2,10(15)16)6-7-3-4-8-9(5-7)13-14-12-8/h3-5H,6H2,1-2H3,(H,15,16)(H,12,13,14). The molecule has 2 rings (SSSR count). The van der Waals surface area contributed by atoms with Crippen LogP contribution in [0.5, 0.6) is 0 Å². The molecule has 1 aromatic carbocycles. The average Bonchev–Trinajstić information content (AvgIpc) is 2.63. The third-order valence-electron chi connectivity index (χ3n) is 2.61. The lowest BCUT2D eigenvalue weighted by Gasteiger charge is -2.18. The van der Waals surface area contributed by atoms with Crippen LogP contribution in [0.15, 0.2) is 18.2 Å². The van der Waals surface area contributed by atoms with E-state index in [-0.39, 0.29) is 0 Å². The molecular weight excluding hydrogens is 206 g/mol. The fourth-order valence-corrected chi connectivity index (χ4v) is 1.58. The molecule has 0 aliphatic rings. The molecule has 0 spiro atoms. The van der Waals surface area contributed by atoms with E-state index in [2.05, 4.69) is 15.4 Å². The maximum absolute atomic E-state index is 11.0.